The van der Waals surface area contributed by atoms with Crippen LogP contribution in [0.15, 0.2) is 48.5 Å². The summed E-state index contributed by atoms with van der Waals surface area (Å²) in [5.41, 5.74) is 1.01. The van der Waals surface area contributed by atoms with Crippen LogP contribution in [0.2, 0.25) is 5.02 Å². The quantitative estimate of drug-likeness (QED) is 0.449. The van der Waals surface area contributed by atoms with E-state index < -0.39 is 28.5 Å². The van der Waals surface area contributed by atoms with Crippen LogP contribution in [0.25, 0.3) is 0 Å². The summed E-state index contributed by atoms with van der Waals surface area (Å²) in [5, 5.41) is 3.34. The third kappa shape index (κ3) is 7.85. The summed E-state index contributed by atoms with van der Waals surface area (Å²) in [6.07, 6.45) is 6.55. The van der Waals surface area contributed by atoms with Gasteiger partial charge in [0.2, 0.25) is 21.8 Å². The molecule has 0 unspecified atom stereocenters. The van der Waals surface area contributed by atoms with Crippen LogP contribution in [-0.4, -0.2) is 57.1 Å². The summed E-state index contributed by atoms with van der Waals surface area (Å²) in [6, 6.07) is 13.0. The van der Waals surface area contributed by atoms with Crippen LogP contribution in [0.1, 0.15) is 51.0 Å². The second-order valence-corrected chi connectivity index (χ2v) is 11.7. The standard InChI is InChI=1S/C27H36ClN3O5S/c1-4-24(27(33)29-21-10-6-5-7-11-21)30(18-20-14-16-22(36-2)17-15-20)26(32)19-31(37(3,34)35)25-13-9-8-12-23(25)28/h8-9,12-17,21,24H,4-7,10-11,18-19H2,1-3H3,(H,29,33)/t24-/m0/s1. The molecule has 0 radical (unpaired) electrons. The van der Waals surface area contributed by atoms with E-state index in [2.05, 4.69) is 5.32 Å². The Morgan fingerprint density at radius 3 is 2.30 bits per heavy atom. The number of nitrogens with zero attached hydrogens (tertiary/aromatic N) is 2. The maximum Gasteiger partial charge on any atom is 0.244 e. The van der Waals surface area contributed by atoms with E-state index in [1.165, 1.54) is 4.90 Å². The molecule has 0 aromatic heterocycles. The number of para-hydroxylation sites is 1. The summed E-state index contributed by atoms with van der Waals surface area (Å²) in [7, 11) is -2.27. The Kier molecular flexibility index (Phi) is 10.2. The molecule has 8 nitrogen and oxygen atoms in total. The minimum atomic E-state index is -3.84. The predicted octanol–water partition coefficient (Wildman–Crippen LogP) is 4.37. The molecule has 1 saturated carbocycles. The van der Waals surface area contributed by atoms with E-state index in [-0.39, 0.29) is 29.2 Å². The molecule has 0 bridgehead atoms. The summed E-state index contributed by atoms with van der Waals surface area (Å²) >= 11 is 6.29. The van der Waals surface area contributed by atoms with Crippen LogP contribution in [0.4, 0.5) is 5.69 Å². The van der Waals surface area contributed by atoms with Crippen LogP contribution in [0.3, 0.4) is 0 Å². The number of halogens is 1. The topological polar surface area (TPSA) is 96.0 Å². The van der Waals surface area contributed by atoms with Gasteiger partial charge in [-0.1, -0.05) is 62.1 Å². The fraction of sp³-hybridized carbons (Fsp3) is 0.481. The van der Waals surface area contributed by atoms with Crippen LogP contribution >= 0.6 is 11.6 Å². The van der Waals surface area contributed by atoms with Crippen molar-refractivity contribution >= 4 is 39.1 Å². The molecule has 1 aliphatic carbocycles. The molecule has 10 heteroatoms. The first-order valence-electron chi connectivity index (χ1n) is 12.6. The van der Waals surface area contributed by atoms with Crippen molar-refractivity contribution in [2.24, 2.45) is 0 Å². The van der Waals surface area contributed by atoms with Crippen LogP contribution in [-0.2, 0) is 26.2 Å². The SMILES string of the molecule is CC[C@@H](C(=O)NC1CCCCC1)N(Cc1ccc(OC)cc1)C(=O)CN(c1ccccc1Cl)S(C)(=O)=O. The third-order valence-corrected chi connectivity index (χ3v) is 8.10. The zero-order chi connectivity index (χ0) is 27.0. The second-order valence-electron chi connectivity index (χ2n) is 9.36. The Bertz CT molecular complexity index is 1170. The number of carbonyl (C=O) groups is 2. The minimum Gasteiger partial charge on any atom is -0.497 e. The molecule has 0 heterocycles. The van der Waals surface area contributed by atoms with Gasteiger partial charge in [0.15, 0.2) is 0 Å². The number of benzene rings is 2. The largest absolute Gasteiger partial charge is 0.497 e. The fourth-order valence-corrected chi connectivity index (χ4v) is 5.79. The maximum atomic E-state index is 13.8. The molecular weight excluding hydrogens is 514 g/mol. The number of amides is 2. The van der Waals surface area contributed by atoms with Crippen molar-refractivity contribution < 1.29 is 22.7 Å². The normalized spacial score (nSPS) is 15.0. The third-order valence-electron chi connectivity index (χ3n) is 6.65. The van der Waals surface area contributed by atoms with Crippen molar-refractivity contribution in [3.8, 4) is 5.75 Å². The molecular formula is C27H36ClN3O5S. The lowest BCUT2D eigenvalue weighted by atomic mass is 9.95. The van der Waals surface area contributed by atoms with Gasteiger partial charge < -0.3 is 15.0 Å². The van der Waals surface area contributed by atoms with Crippen molar-refractivity contribution in [3.63, 3.8) is 0 Å². The van der Waals surface area contributed by atoms with E-state index in [0.29, 0.717) is 12.2 Å². The molecule has 1 fully saturated rings. The summed E-state index contributed by atoms with van der Waals surface area (Å²) in [4.78, 5) is 28.7. The number of nitrogens with one attached hydrogen (secondary N) is 1. The summed E-state index contributed by atoms with van der Waals surface area (Å²) < 4.78 is 31.6. The van der Waals surface area contributed by atoms with Gasteiger partial charge in [-0.25, -0.2) is 8.42 Å². The van der Waals surface area contributed by atoms with E-state index in [1.54, 1.807) is 43.5 Å². The molecule has 2 amide bonds. The average Bonchev–Trinajstić information content (AvgIpc) is 2.88. The zero-order valence-corrected chi connectivity index (χ0v) is 23.2. The fourth-order valence-electron chi connectivity index (χ4n) is 4.64. The number of rotatable bonds is 11. The molecule has 2 aromatic rings. The average molecular weight is 550 g/mol. The Labute approximate surface area is 225 Å². The number of anilines is 1. The van der Waals surface area contributed by atoms with Crippen molar-refractivity contribution in [1.29, 1.82) is 0 Å². The van der Waals surface area contributed by atoms with Gasteiger partial charge in [0.25, 0.3) is 0 Å². The molecule has 202 valence electrons. The van der Waals surface area contributed by atoms with E-state index in [4.69, 9.17) is 16.3 Å². The van der Waals surface area contributed by atoms with E-state index in [0.717, 1.165) is 48.2 Å². The number of hydrogen-bond acceptors (Lipinski definition) is 5. The molecule has 1 atom stereocenters. The summed E-state index contributed by atoms with van der Waals surface area (Å²) in [5.74, 6) is -0.0441. The highest BCUT2D eigenvalue weighted by Gasteiger charge is 2.33. The number of methoxy groups -OCH3 is 1. The lowest BCUT2D eigenvalue weighted by Crippen LogP contribution is -2.54. The molecule has 37 heavy (non-hydrogen) atoms. The van der Waals surface area contributed by atoms with Crippen LogP contribution in [0, 0.1) is 0 Å². The van der Waals surface area contributed by atoms with Gasteiger partial charge >= 0.3 is 0 Å². The van der Waals surface area contributed by atoms with Crippen molar-refractivity contribution in [1.82, 2.24) is 10.2 Å². The van der Waals surface area contributed by atoms with Crippen molar-refractivity contribution in [2.75, 3.05) is 24.2 Å². The summed E-state index contributed by atoms with van der Waals surface area (Å²) in [6.45, 7) is 1.51. The van der Waals surface area contributed by atoms with Gasteiger partial charge in [-0.2, -0.15) is 0 Å². The number of ether oxygens (including phenoxy) is 1. The highest BCUT2D eigenvalue weighted by atomic mass is 35.5. The Balaban J connectivity index is 1.92. The van der Waals surface area contributed by atoms with E-state index in [9.17, 15) is 18.0 Å². The van der Waals surface area contributed by atoms with Gasteiger partial charge in [0, 0.05) is 12.6 Å². The van der Waals surface area contributed by atoms with Crippen molar-refractivity contribution in [3.05, 3.63) is 59.1 Å². The van der Waals surface area contributed by atoms with Gasteiger partial charge in [-0.3, -0.25) is 13.9 Å². The van der Waals surface area contributed by atoms with Gasteiger partial charge in [-0.05, 0) is 49.1 Å². The van der Waals surface area contributed by atoms with Gasteiger partial charge in [0.1, 0.15) is 18.3 Å². The highest BCUT2D eigenvalue weighted by Crippen LogP contribution is 2.28. The predicted molar refractivity (Wildman–Crippen MR) is 146 cm³/mol. The molecule has 2 aromatic carbocycles. The van der Waals surface area contributed by atoms with Crippen LogP contribution < -0.4 is 14.4 Å². The smallest absolute Gasteiger partial charge is 0.244 e. The molecule has 0 spiro atoms. The number of sulfonamides is 1. The van der Waals surface area contributed by atoms with Gasteiger partial charge in [0.05, 0.1) is 24.1 Å². The molecule has 0 aliphatic heterocycles. The molecule has 1 aliphatic rings. The lowest BCUT2D eigenvalue weighted by Gasteiger charge is -2.34. The number of hydrogen-bond donors (Lipinski definition) is 1. The Morgan fingerprint density at radius 1 is 1.08 bits per heavy atom. The minimum absolute atomic E-state index is 0.0869. The Morgan fingerprint density at radius 2 is 1.73 bits per heavy atom. The first-order chi connectivity index (χ1) is 17.6. The van der Waals surface area contributed by atoms with Crippen molar-refractivity contribution in [2.45, 2.75) is 64.1 Å². The highest BCUT2D eigenvalue weighted by molar-refractivity contribution is 7.92. The zero-order valence-electron chi connectivity index (χ0n) is 21.7. The Hall–Kier alpha value is -2.78. The lowest BCUT2D eigenvalue weighted by molar-refractivity contribution is -0.140. The van der Waals surface area contributed by atoms with E-state index >= 15 is 0 Å². The molecule has 0 saturated heterocycles. The van der Waals surface area contributed by atoms with E-state index in [1.807, 2.05) is 19.1 Å². The van der Waals surface area contributed by atoms with Crippen LogP contribution in [0.5, 0.6) is 5.75 Å². The monoisotopic (exact) mass is 549 g/mol. The molecule has 3 rings (SSSR count). The maximum absolute atomic E-state index is 13.8. The van der Waals surface area contributed by atoms with Gasteiger partial charge in [-0.15, -0.1) is 0 Å². The first kappa shape index (κ1) is 28.8. The first-order valence-corrected chi connectivity index (χ1v) is 14.8. The molecule has 1 N–H and O–H groups in total. The second kappa shape index (κ2) is 13.1. The number of carbonyl (C=O) groups excluding carboxylic acids is 2.